The molecule has 2 heterocycles. The average molecular weight is 153 g/mol. The van der Waals surface area contributed by atoms with E-state index in [1.165, 1.54) is 12.8 Å². The summed E-state index contributed by atoms with van der Waals surface area (Å²) in [6.07, 6.45) is 4.67. The molecular formula is C8H15N3. The number of nitrogens with zero attached hydrogens (tertiary/aromatic N) is 1. The predicted molar refractivity (Wildman–Crippen MR) is 44.7 cm³/mol. The molecule has 62 valence electrons. The van der Waals surface area contributed by atoms with E-state index in [0.717, 1.165) is 25.9 Å². The van der Waals surface area contributed by atoms with Crippen molar-refractivity contribution in [2.24, 2.45) is 5.73 Å². The average Bonchev–Trinajstić information content (AvgIpc) is 2.40. The fraction of sp³-hybridized carbons (Fsp3) is 0.875. The van der Waals surface area contributed by atoms with Crippen molar-refractivity contribution in [2.75, 3.05) is 13.1 Å². The summed E-state index contributed by atoms with van der Waals surface area (Å²) in [5, 5.41) is 7.55. The van der Waals surface area contributed by atoms with Crippen molar-refractivity contribution in [3.05, 3.63) is 0 Å². The van der Waals surface area contributed by atoms with Crippen molar-refractivity contribution in [1.82, 2.24) is 4.90 Å². The Morgan fingerprint density at radius 1 is 1.27 bits per heavy atom. The lowest BCUT2D eigenvalue weighted by Crippen LogP contribution is -2.49. The fourth-order valence-electron chi connectivity index (χ4n) is 2.55. The van der Waals surface area contributed by atoms with Gasteiger partial charge in [0, 0.05) is 0 Å². The minimum Gasteiger partial charge on any atom is -0.386 e. The summed E-state index contributed by atoms with van der Waals surface area (Å²) >= 11 is 0. The molecule has 0 aromatic rings. The molecular weight excluding hydrogens is 138 g/mol. The first-order valence-electron chi connectivity index (χ1n) is 4.35. The molecule has 3 nitrogen and oxygen atoms in total. The lowest BCUT2D eigenvalue weighted by molar-refractivity contribution is 0.268. The lowest BCUT2D eigenvalue weighted by atomic mass is 9.93. The number of hydrogen-bond acceptors (Lipinski definition) is 2. The Balaban J connectivity index is 2.26. The summed E-state index contributed by atoms with van der Waals surface area (Å²) in [6.45, 7) is 2.30. The summed E-state index contributed by atoms with van der Waals surface area (Å²) in [4.78, 5) is 2.38. The van der Waals surface area contributed by atoms with E-state index in [0.29, 0.717) is 5.84 Å². The normalized spacial score (nSPS) is 28.7. The van der Waals surface area contributed by atoms with Crippen LogP contribution in [-0.4, -0.2) is 29.4 Å². The molecule has 11 heavy (non-hydrogen) atoms. The Hall–Kier alpha value is -0.570. The molecule has 3 N–H and O–H groups in total. The zero-order valence-corrected chi connectivity index (χ0v) is 6.77. The molecule has 0 unspecified atom stereocenters. The topological polar surface area (TPSA) is 53.1 Å². The molecule has 0 aromatic carbocycles. The number of nitrogens with two attached hydrogens (primary N) is 1. The van der Waals surface area contributed by atoms with Crippen LogP contribution in [0.4, 0.5) is 0 Å². The van der Waals surface area contributed by atoms with Crippen LogP contribution in [0, 0.1) is 5.41 Å². The fourth-order valence-corrected chi connectivity index (χ4v) is 2.55. The third kappa shape index (κ3) is 0.805. The van der Waals surface area contributed by atoms with Gasteiger partial charge < -0.3 is 5.73 Å². The van der Waals surface area contributed by atoms with Crippen molar-refractivity contribution in [1.29, 1.82) is 5.41 Å². The van der Waals surface area contributed by atoms with Gasteiger partial charge in [-0.25, -0.2) is 0 Å². The molecule has 2 rings (SSSR count). The Bertz CT molecular complexity index is 178. The maximum absolute atomic E-state index is 7.55. The number of amidine groups is 1. The van der Waals surface area contributed by atoms with Crippen LogP contribution in [0.1, 0.15) is 25.7 Å². The van der Waals surface area contributed by atoms with Crippen LogP contribution < -0.4 is 5.73 Å². The maximum atomic E-state index is 7.55. The molecule has 2 aliphatic heterocycles. The highest BCUT2D eigenvalue weighted by Gasteiger charge is 2.46. The maximum Gasteiger partial charge on any atom is 0.111 e. The molecule has 0 radical (unpaired) electrons. The van der Waals surface area contributed by atoms with Crippen LogP contribution in [0.25, 0.3) is 0 Å². The van der Waals surface area contributed by atoms with Gasteiger partial charge in [0.25, 0.3) is 0 Å². The largest absolute Gasteiger partial charge is 0.386 e. The quantitative estimate of drug-likeness (QED) is 0.427. The van der Waals surface area contributed by atoms with Gasteiger partial charge in [0.05, 0.1) is 5.54 Å². The summed E-state index contributed by atoms with van der Waals surface area (Å²) in [5.74, 6) is 0.396. The molecule has 0 bridgehead atoms. The molecule has 0 aliphatic carbocycles. The molecule has 3 heteroatoms. The van der Waals surface area contributed by atoms with Gasteiger partial charge in [-0.05, 0) is 38.8 Å². The predicted octanol–water partition coefficient (Wildman–Crippen LogP) is 0.551. The Morgan fingerprint density at radius 3 is 2.18 bits per heavy atom. The van der Waals surface area contributed by atoms with Crippen molar-refractivity contribution in [2.45, 2.75) is 31.2 Å². The van der Waals surface area contributed by atoms with Crippen molar-refractivity contribution in [3.63, 3.8) is 0 Å². The first-order valence-corrected chi connectivity index (χ1v) is 4.35. The molecule has 0 saturated carbocycles. The van der Waals surface area contributed by atoms with Crippen LogP contribution in [0.15, 0.2) is 0 Å². The smallest absolute Gasteiger partial charge is 0.111 e. The molecule has 0 aromatic heterocycles. The van der Waals surface area contributed by atoms with Crippen LogP contribution in [0.5, 0.6) is 0 Å². The van der Waals surface area contributed by atoms with Gasteiger partial charge in [-0.15, -0.1) is 0 Å². The van der Waals surface area contributed by atoms with Crippen LogP contribution in [0.2, 0.25) is 0 Å². The van der Waals surface area contributed by atoms with E-state index in [1.54, 1.807) is 0 Å². The monoisotopic (exact) mass is 153 g/mol. The molecule has 2 saturated heterocycles. The zero-order valence-electron chi connectivity index (χ0n) is 6.77. The molecule has 0 spiro atoms. The van der Waals surface area contributed by atoms with Gasteiger partial charge in [-0.1, -0.05) is 0 Å². The summed E-state index contributed by atoms with van der Waals surface area (Å²) in [6, 6.07) is 0. The number of hydrogen-bond donors (Lipinski definition) is 2. The van der Waals surface area contributed by atoms with Crippen molar-refractivity contribution < 1.29 is 0 Å². The van der Waals surface area contributed by atoms with Crippen molar-refractivity contribution in [3.8, 4) is 0 Å². The lowest BCUT2D eigenvalue weighted by Gasteiger charge is -2.30. The number of nitrogens with one attached hydrogen (secondary N) is 1. The summed E-state index contributed by atoms with van der Waals surface area (Å²) in [5.41, 5.74) is 5.62. The van der Waals surface area contributed by atoms with E-state index in [-0.39, 0.29) is 5.54 Å². The van der Waals surface area contributed by atoms with E-state index < -0.39 is 0 Å². The van der Waals surface area contributed by atoms with E-state index in [4.69, 9.17) is 11.1 Å². The summed E-state index contributed by atoms with van der Waals surface area (Å²) < 4.78 is 0. The van der Waals surface area contributed by atoms with Crippen LogP contribution in [-0.2, 0) is 0 Å². The van der Waals surface area contributed by atoms with Gasteiger partial charge in [-0.3, -0.25) is 10.3 Å². The second kappa shape index (κ2) is 2.21. The van der Waals surface area contributed by atoms with Crippen LogP contribution in [0.3, 0.4) is 0 Å². The summed E-state index contributed by atoms with van der Waals surface area (Å²) in [7, 11) is 0. The highest BCUT2D eigenvalue weighted by atomic mass is 15.3. The van der Waals surface area contributed by atoms with E-state index in [1.807, 2.05) is 0 Å². The standard InChI is InChI=1S/C8H15N3/c9-7(10)8-3-1-5-11(8)6-2-4-8/h1-6H2,(H3,9,10). The van der Waals surface area contributed by atoms with Crippen molar-refractivity contribution >= 4 is 5.84 Å². The first-order chi connectivity index (χ1) is 5.26. The SMILES string of the molecule is N=C(N)C12CCCN1CCC2. The zero-order chi connectivity index (χ0) is 7.90. The van der Waals surface area contributed by atoms with Gasteiger partial charge >= 0.3 is 0 Å². The highest BCUT2D eigenvalue weighted by molar-refractivity contribution is 5.88. The van der Waals surface area contributed by atoms with E-state index in [9.17, 15) is 0 Å². The van der Waals surface area contributed by atoms with Crippen LogP contribution >= 0.6 is 0 Å². The van der Waals surface area contributed by atoms with Gasteiger partial charge in [-0.2, -0.15) is 0 Å². The molecule has 0 atom stereocenters. The number of rotatable bonds is 1. The third-order valence-corrected chi connectivity index (χ3v) is 3.14. The van der Waals surface area contributed by atoms with E-state index >= 15 is 0 Å². The Kier molecular flexibility index (Phi) is 1.42. The minimum atomic E-state index is 0. The minimum absolute atomic E-state index is 0. The third-order valence-electron chi connectivity index (χ3n) is 3.14. The number of fused-ring (bicyclic) bond motifs is 1. The second-order valence-electron chi connectivity index (χ2n) is 3.64. The molecule has 0 amide bonds. The van der Waals surface area contributed by atoms with Gasteiger partial charge in [0.15, 0.2) is 0 Å². The Labute approximate surface area is 67.1 Å². The highest BCUT2D eigenvalue weighted by Crippen LogP contribution is 2.38. The molecule has 2 aliphatic rings. The van der Waals surface area contributed by atoms with Gasteiger partial charge in [0.2, 0.25) is 0 Å². The molecule has 2 fully saturated rings. The second-order valence-corrected chi connectivity index (χ2v) is 3.64. The van der Waals surface area contributed by atoms with E-state index in [2.05, 4.69) is 4.90 Å². The van der Waals surface area contributed by atoms with Gasteiger partial charge in [0.1, 0.15) is 5.84 Å². The Morgan fingerprint density at radius 2 is 1.82 bits per heavy atom. The first kappa shape index (κ1) is 7.10.